The molecule has 4 rings (SSSR count). The number of anilines is 2. The molecule has 10 heteroatoms. The van der Waals surface area contributed by atoms with Crippen LogP contribution < -0.4 is 19.7 Å². The molecule has 0 atom stereocenters. The monoisotopic (exact) mass is 411 g/mol. The molecule has 3 heterocycles. The van der Waals surface area contributed by atoms with Gasteiger partial charge >= 0.3 is 0 Å². The van der Waals surface area contributed by atoms with Crippen molar-refractivity contribution in [1.29, 1.82) is 0 Å². The largest absolute Gasteiger partial charge is 0.497 e. The highest BCUT2D eigenvalue weighted by molar-refractivity contribution is 5.94. The van der Waals surface area contributed by atoms with Crippen LogP contribution in [-0.4, -0.2) is 77.5 Å². The molecule has 1 aromatic carbocycles. The summed E-state index contributed by atoms with van der Waals surface area (Å²) in [5.41, 5.74) is 1.44. The number of nitrogens with one attached hydrogen (secondary N) is 1. The van der Waals surface area contributed by atoms with Gasteiger partial charge in [-0.1, -0.05) is 0 Å². The summed E-state index contributed by atoms with van der Waals surface area (Å²) >= 11 is 0. The number of fused-ring (bicyclic) bond motifs is 1. The Labute approximate surface area is 174 Å². The first-order chi connectivity index (χ1) is 14.6. The SMILES string of the molecule is COc1ccc(NC(=O)CN2CCN(c3ncnc4c3cnn4C)CC2)c(OC)c1. The zero-order valence-corrected chi connectivity index (χ0v) is 17.3. The number of aryl methyl sites for hydroxylation is 1. The smallest absolute Gasteiger partial charge is 0.238 e. The fraction of sp³-hybridized carbons (Fsp3) is 0.400. The molecule has 0 saturated carbocycles. The predicted octanol–water partition coefficient (Wildman–Crippen LogP) is 1.14. The van der Waals surface area contributed by atoms with Gasteiger partial charge < -0.3 is 19.7 Å². The van der Waals surface area contributed by atoms with Crippen molar-refractivity contribution in [3.8, 4) is 11.5 Å². The third-order valence-electron chi connectivity index (χ3n) is 5.23. The van der Waals surface area contributed by atoms with E-state index in [9.17, 15) is 4.79 Å². The number of rotatable bonds is 6. The zero-order valence-electron chi connectivity index (χ0n) is 17.3. The number of hydrogen-bond acceptors (Lipinski definition) is 8. The van der Waals surface area contributed by atoms with E-state index in [0.29, 0.717) is 23.7 Å². The molecule has 2 aromatic heterocycles. The summed E-state index contributed by atoms with van der Waals surface area (Å²) in [5, 5.41) is 8.14. The van der Waals surface area contributed by atoms with Crippen LogP contribution in [0.4, 0.5) is 11.5 Å². The highest BCUT2D eigenvalue weighted by Crippen LogP contribution is 2.29. The summed E-state index contributed by atoms with van der Waals surface area (Å²) in [6.45, 7) is 3.40. The number of ether oxygens (including phenoxy) is 2. The van der Waals surface area contributed by atoms with Crippen LogP contribution in [0.2, 0.25) is 0 Å². The minimum atomic E-state index is -0.0800. The van der Waals surface area contributed by atoms with Crippen molar-refractivity contribution in [2.75, 3.05) is 57.2 Å². The summed E-state index contributed by atoms with van der Waals surface area (Å²) in [6, 6.07) is 5.31. The van der Waals surface area contributed by atoms with E-state index in [4.69, 9.17) is 9.47 Å². The van der Waals surface area contributed by atoms with E-state index >= 15 is 0 Å². The summed E-state index contributed by atoms with van der Waals surface area (Å²) < 4.78 is 12.3. The number of nitrogens with zero attached hydrogens (tertiary/aromatic N) is 6. The van der Waals surface area contributed by atoms with Crippen LogP contribution in [0.5, 0.6) is 11.5 Å². The van der Waals surface area contributed by atoms with Gasteiger partial charge in [-0.15, -0.1) is 0 Å². The van der Waals surface area contributed by atoms with Gasteiger partial charge in [0, 0.05) is 39.3 Å². The van der Waals surface area contributed by atoms with Gasteiger partial charge in [-0.2, -0.15) is 5.10 Å². The van der Waals surface area contributed by atoms with E-state index in [1.54, 1.807) is 49.6 Å². The lowest BCUT2D eigenvalue weighted by Gasteiger charge is -2.35. The topological polar surface area (TPSA) is 97.6 Å². The van der Waals surface area contributed by atoms with Crippen molar-refractivity contribution in [2.24, 2.45) is 7.05 Å². The van der Waals surface area contributed by atoms with Gasteiger partial charge in [0.05, 0.1) is 38.0 Å². The lowest BCUT2D eigenvalue weighted by atomic mass is 10.2. The fourth-order valence-electron chi connectivity index (χ4n) is 3.61. The summed E-state index contributed by atoms with van der Waals surface area (Å²) in [6.07, 6.45) is 3.37. The second-order valence-electron chi connectivity index (χ2n) is 7.08. The van der Waals surface area contributed by atoms with Crippen LogP contribution in [-0.2, 0) is 11.8 Å². The van der Waals surface area contributed by atoms with Gasteiger partial charge in [-0.05, 0) is 12.1 Å². The minimum Gasteiger partial charge on any atom is -0.497 e. The lowest BCUT2D eigenvalue weighted by Crippen LogP contribution is -2.49. The molecule has 1 aliphatic rings. The zero-order chi connectivity index (χ0) is 21.1. The van der Waals surface area contributed by atoms with E-state index in [1.807, 2.05) is 7.05 Å². The number of hydrogen-bond donors (Lipinski definition) is 1. The number of amides is 1. The van der Waals surface area contributed by atoms with Gasteiger partial charge in [0.1, 0.15) is 23.6 Å². The summed E-state index contributed by atoms with van der Waals surface area (Å²) in [7, 11) is 5.02. The van der Waals surface area contributed by atoms with Gasteiger partial charge in [0.15, 0.2) is 5.65 Å². The Morgan fingerprint density at radius 3 is 2.67 bits per heavy atom. The van der Waals surface area contributed by atoms with Crippen molar-refractivity contribution < 1.29 is 14.3 Å². The highest BCUT2D eigenvalue weighted by atomic mass is 16.5. The van der Waals surface area contributed by atoms with E-state index in [-0.39, 0.29) is 5.91 Å². The number of carbonyl (C=O) groups is 1. The normalized spacial score (nSPS) is 14.7. The third kappa shape index (κ3) is 3.99. The quantitative estimate of drug-likeness (QED) is 0.645. The van der Waals surface area contributed by atoms with E-state index in [0.717, 1.165) is 43.0 Å². The molecular formula is C20H25N7O3. The maximum Gasteiger partial charge on any atom is 0.238 e. The molecule has 30 heavy (non-hydrogen) atoms. The van der Waals surface area contributed by atoms with Crippen LogP contribution in [0.15, 0.2) is 30.7 Å². The molecule has 0 aliphatic carbocycles. The molecule has 0 spiro atoms. The van der Waals surface area contributed by atoms with Crippen molar-refractivity contribution in [2.45, 2.75) is 0 Å². The molecule has 3 aromatic rings. The summed E-state index contributed by atoms with van der Waals surface area (Å²) in [4.78, 5) is 25.6. The second-order valence-corrected chi connectivity index (χ2v) is 7.08. The summed E-state index contributed by atoms with van der Waals surface area (Å²) in [5.74, 6) is 2.05. The Morgan fingerprint density at radius 1 is 1.13 bits per heavy atom. The molecular weight excluding hydrogens is 386 g/mol. The van der Waals surface area contributed by atoms with Crippen LogP contribution in [0.3, 0.4) is 0 Å². The minimum absolute atomic E-state index is 0.0800. The van der Waals surface area contributed by atoms with Crippen LogP contribution in [0.25, 0.3) is 11.0 Å². The lowest BCUT2D eigenvalue weighted by molar-refractivity contribution is -0.117. The van der Waals surface area contributed by atoms with Gasteiger partial charge in [-0.3, -0.25) is 14.4 Å². The molecule has 1 N–H and O–H groups in total. The van der Waals surface area contributed by atoms with Gasteiger partial charge in [0.2, 0.25) is 5.91 Å². The van der Waals surface area contributed by atoms with Crippen LogP contribution in [0.1, 0.15) is 0 Å². The highest BCUT2D eigenvalue weighted by Gasteiger charge is 2.22. The van der Waals surface area contributed by atoms with Crippen molar-refractivity contribution in [1.82, 2.24) is 24.6 Å². The molecule has 1 fully saturated rings. The van der Waals surface area contributed by atoms with Crippen molar-refractivity contribution >= 4 is 28.4 Å². The average Bonchev–Trinajstić information content (AvgIpc) is 3.15. The van der Waals surface area contributed by atoms with E-state index in [1.165, 1.54) is 0 Å². The number of piperazine rings is 1. The fourth-order valence-corrected chi connectivity index (χ4v) is 3.61. The molecule has 0 unspecified atom stereocenters. The van der Waals surface area contributed by atoms with Crippen LogP contribution >= 0.6 is 0 Å². The molecule has 1 amide bonds. The Bertz CT molecular complexity index is 1040. The molecule has 0 bridgehead atoms. The molecule has 0 radical (unpaired) electrons. The van der Waals surface area contributed by atoms with Crippen molar-refractivity contribution in [3.05, 3.63) is 30.7 Å². The van der Waals surface area contributed by atoms with E-state index < -0.39 is 0 Å². The van der Waals surface area contributed by atoms with Crippen LogP contribution in [0, 0.1) is 0 Å². The Balaban J connectivity index is 1.35. The molecule has 1 saturated heterocycles. The Morgan fingerprint density at radius 2 is 1.93 bits per heavy atom. The van der Waals surface area contributed by atoms with Gasteiger partial charge in [-0.25, -0.2) is 9.97 Å². The van der Waals surface area contributed by atoms with E-state index in [2.05, 4.69) is 30.2 Å². The molecule has 10 nitrogen and oxygen atoms in total. The first kappa shape index (κ1) is 19.9. The standard InChI is InChI=1S/C20H25N7O3/c1-25-19-15(11-23-25)20(22-13-21-19)27-8-6-26(7-9-27)12-18(28)24-16-5-4-14(29-2)10-17(16)30-3/h4-5,10-11,13H,6-9,12H2,1-3H3,(H,24,28). The molecule has 158 valence electrons. The number of methoxy groups -OCH3 is 2. The number of benzene rings is 1. The maximum atomic E-state index is 12.5. The number of carbonyl (C=O) groups excluding carboxylic acids is 1. The Hall–Kier alpha value is -3.40. The number of aromatic nitrogens is 4. The van der Waals surface area contributed by atoms with Gasteiger partial charge in [0.25, 0.3) is 0 Å². The molecule has 1 aliphatic heterocycles. The first-order valence-electron chi connectivity index (χ1n) is 9.71. The third-order valence-corrected chi connectivity index (χ3v) is 5.23. The van der Waals surface area contributed by atoms with Crippen molar-refractivity contribution in [3.63, 3.8) is 0 Å². The second kappa shape index (κ2) is 8.54. The first-order valence-corrected chi connectivity index (χ1v) is 9.71. The predicted molar refractivity (Wildman–Crippen MR) is 113 cm³/mol. The maximum absolute atomic E-state index is 12.5. The average molecular weight is 411 g/mol. The Kier molecular flexibility index (Phi) is 5.66.